The third kappa shape index (κ3) is 43.0. The van der Waals surface area contributed by atoms with Crippen LogP contribution in [0, 0.1) is 0 Å². The molecule has 0 aliphatic rings. The normalized spacial score (nSPS) is 5.14. The van der Waals surface area contributed by atoms with Gasteiger partial charge in [0.15, 0.2) is 0 Å². The van der Waals surface area contributed by atoms with Gasteiger partial charge in [-0.25, -0.2) is 0 Å². The summed E-state index contributed by atoms with van der Waals surface area (Å²) in [5, 5.41) is 0. The molecule has 1 rings (SSSR count). The molecule has 1 aromatic carbocycles. The second-order valence-electron chi connectivity index (χ2n) is 1.86. The van der Waals surface area contributed by atoms with Crippen molar-refractivity contribution in [2.75, 3.05) is 0 Å². The summed E-state index contributed by atoms with van der Waals surface area (Å²) in [7, 11) is 0. The molecule has 0 heterocycles. The van der Waals surface area contributed by atoms with Crippen molar-refractivity contribution in [2.45, 2.75) is 56.4 Å². The minimum atomic E-state index is 0. The Morgan fingerprint density at radius 3 is 0.714 bits per heavy atom. The molecular formula is C14H32. The maximum absolute atomic E-state index is 2.12. The van der Waals surface area contributed by atoms with Gasteiger partial charge >= 0.3 is 0 Å². The van der Waals surface area contributed by atoms with E-state index in [0.29, 0.717) is 0 Å². The molecule has 0 aliphatic heterocycles. The van der Waals surface area contributed by atoms with Gasteiger partial charge in [-0.2, -0.15) is 0 Å². The third-order valence-corrected chi connectivity index (χ3v) is 0.667. The molecule has 0 radical (unpaired) electrons. The maximum Gasteiger partial charge on any atom is -0.0590 e. The summed E-state index contributed by atoms with van der Waals surface area (Å²) in [6, 6.07) is 12.0. The smallest absolute Gasteiger partial charge is 0.0590 e. The topological polar surface area (TPSA) is 0 Å². The van der Waals surface area contributed by atoms with Crippen LogP contribution in [0.3, 0.4) is 0 Å². The first-order valence-corrected chi connectivity index (χ1v) is 4.41. The summed E-state index contributed by atoms with van der Waals surface area (Å²) in [6.45, 7) is 8.25. The molecule has 0 spiro atoms. The molecule has 0 aromatic heterocycles. The van der Waals surface area contributed by atoms with Crippen LogP contribution in [0.4, 0.5) is 0 Å². The highest BCUT2D eigenvalue weighted by Gasteiger charge is 1.57. The number of hydrogen-bond acceptors (Lipinski definition) is 0. The minimum Gasteiger partial charge on any atom is -0.0776 e. The third-order valence-electron chi connectivity index (χ3n) is 0.667. The average Bonchev–Trinajstić information content (AvgIpc) is 2.12. The maximum atomic E-state index is 2.12. The molecule has 88 valence electrons. The molecule has 0 aliphatic carbocycles. The monoisotopic (exact) mass is 200 g/mol. The first-order chi connectivity index (χ1) is 5.41. The molecule has 0 amide bonds. The quantitative estimate of drug-likeness (QED) is 0.479. The standard InChI is InChI=1S/C6H6.C3H8.C2H6.3CH4/c1-2-4-6-5-3-1;1-3-2;1-2;;;/h1-6H;3H2,1-2H3;1-2H3;3*1H4. The molecule has 0 saturated heterocycles. The molecule has 0 unspecified atom stereocenters. The van der Waals surface area contributed by atoms with Crippen molar-refractivity contribution in [2.24, 2.45) is 0 Å². The van der Waals surface area contributed by atoms with Gasteiger partial charge in [0.2, 0.25) is 0 Å². The van der Waals surface area contributed by atoms with Gasteiger partial charge in [0.25, 0.3) is 0 Å². The van der Waals surface area contributed by atoms with Crippen molar-refractivity contribution in [1.82, 2.24) is 0 Å². The summed E-state index contributed by atoms with van der Waals surface area (Å²) in [6.07, 6.45) is 1.25. The van der Waals surface area contributed by atoms with Crippen LogP contribution in [0.25, 0.3) is 0 Å². The number of benzene rings is 1. The van der Waals surface area contributed by atoms with Crippen LogP contribution >= 0.6 is 0 Å². The van der Waals surface area contributed by atoms with E-state index in [0.717, 1.165) is 0 Å². The molecule has 0 atom stereocenters. The molecule has 0 N–H and O–H groups in total. The van der Waals surface area contributed by atoms with E-state index in [1.165, 1.54) is 6.42 Å². The van der Waals surface area contributed by atoms with Crippen LogP contribution in [0.15, 0.2) is 36.4 Å². The van der Waals surface area contributed by atoms with Gasteiger partial charge in [-0.3, -0.25) is 0 Å². The minimum absolute atomic E-state index is 0. The predicted octanol–water partition coefficient (Wildman–Crippen LogP) is 6.04. The first kappa shape index (κ1) is 29.2. The Balaban J connectivity index is -0.0000000305. The summed E-state index contributed by atoms with van der Waals surface area (Å²) >= 11 is 0. The first-order valence-electron chi connectivity index (χ1n) is 4.41. The van der Waals surface area contributed by atoms with Gasteiger partial charge in [0.1, 0.15) is 0 Å². The molecule has 0 saturated carbocycles. The highest BCUT2D eigenvalue weighted by Crippen LogP contribution is 1.79. The molecule has 0 fully saturated rings. The van der Waals surface area contributed by atoms with E-state index in [4.69, 9.17) is 0 Å². The van der Waals surface area contributed by atoms with Crippen LogP contribution in [0.5, 0.6) is 0 Å². The fourth-order valence-corrected chi connectivity index (χ4v) is 0.385. The highest BCUT2D eigenvalue weighted by molar-refractivity contribution is 4.99. The van der Waals surface area contributed by atoms with Gasteiger partial charge in [0, 0.05) is 0 Å². The number of rotatable bonds is 0. The lowest BCUT2D eigenvalue weighted by atomic mass is 10.4. The van der Waals surface area contributed by atoms with Crippen LogP contribution in [-0.4, -0.2) is 0 Å². The Bertz CT molecular complexity index is 82.9. The van der Waals surface area contributed by atoms with Crippen molar-refractivity contribution in [1.29, 1.82) is 0 Å². The van der Waals surface area contributed by atoms with Crippen LogP contribution in [-0.2, 0) is 0 Å². The van der Waals surface area contributed by atoms with Crippen molar-refractivity contribution < 1.29 is 0 Å². The zero-order valence-corrected chi connectivity index (χ0v) is 8.17. The lowest BCUT2D eigenvalue weighted by Gasteiger charge is -1.69. The van der Waals surface area contributed by atoms with E-state index in [-0.39, 0.29) is 22.3 Å². The van der Waals surface area contributed by atoms with Crippen LogP contribution in [0.1, 0.15) is 56.4 Å². The Kier molecular flexibility index (Phi) is 83.0. The van der Waals surface area contributed by atoms with Crippen molar-refractivity contribution >= 4 is 0 Å². The summed E-state index contributed by atoms with van der Waals surface area (Å²) in [5.41, 5.74) is 0. The van der Waals surface area contributed by atoms with Crippen molar-refractivity contribution in [3.05, 3.63) is 36.4 Å². The van der Waals surface area contributed by atoms with Crippen molar-refractivity contribution in [3.63, 3.8) is 0 Å². The van der Waals surface area contributed by atoms with Crippen LogP contribution < -0.4 is 0 Å². The largest absolute Gasteiger partial charge is 0.0776 e. The fraction of sp³-hybridized carbons (Fsp3) is 0.571. The molecule has 0 bridgehead atoms. The van der Waals surface area contributed by atoms with E-state index in [9.17, 15) is 0 Å². The zero-order valence-electron chi connectivity index (χ0n) is 8.17. The molecule has 0 nitrogen and oxygen atoms in total. The summed E-state index contributed by atoms with van der Waals surface area (Å²) < 4.78 is 0. The van der Waals surface area contributed by atoms with E-state index in [1.54, 1.807) is 0 Å². The SMILES string of the molecule is C.C.C.CC.CCC.c1ccccc1. The van der Waals surface area contributed by atoms with E-state index in [2.05, 4.69) is 13.8 Å². The Labute approximate surface area is 93.4 Å². The Hall–Kier alpha value is -0.780. The molecule has 0 heteroatoms. The van der Waals surface area contributed by atoms with Gasteiger partial charge in [-0.05, 0) is 0 Å². The summed E-state index contributed by atoms with van der Waals surface area (Å²) in [5.74, 6) is 0. The van der Waals surface area contributed by atoms with Gasteiger partial charge < -0.3 is 0 Å². The lowest BCUT2D eigenvalue weighted by molar-refractivity contribution is 1.09. The fourth-order valence-electron chi connectivity index (χ4n) is 0.385. The Morgan fingerprint density at radius 2 is 0.643 bits per heavy atom. The average molecular weight is 200 g/mol. The second-order valence-corrected chi connectivity index (χ2v) is 1.86. The van der Waals surface area contributed by atoms with Gasteiger partial charge in [0.05, 0.1) is 0 Å². The van der Waals surface area contributed by atoms with Crippen LogP contribution in [0.2, 0.25) is 0 Å². The highest BCUT2D eigenvalue weighted by atomic mass is 13.6. The van der Waals surface area contributed by atoms with Gasteiger partial charge in [-0.15, -0.1) is 0 Å². The molecular weight excluding hydrogens is 168 g/mol. The lowest BCUT2D eigenvalue weighted by Crippen LogP contribution is -1.47. The predicted molar refractivity (Wildman–Crippen MR) is 73.9 cm³/mol. The zero-order chi connectivity index (χ0) is 8.95. The summed E-state index contributed by atoms with van der Waals surface area (Å²) in [4.78, 5) is 0. The Morgan fingerprint density at radius 1 is 0.571 bits per heavy atom. The molecule has 14 heavy (non-hydrogen) atoms. The van der Waals surface area contributed by atoms with E-state index >= 15 is 0 Å². The van der Waals surface area contributed by atoms with E-state index < -0.39 is 0 Å². The second kappa shape index (κ2) is 39.8. The molecule has 1 aromatic rings. The van der Waals surface area contributed by atoms with Gasteiger partial charge in [-0.1, -0.05) is 92.8 Å². The van der Waals surface area contributed by atoms with Crippen molar-refractivity contribution in [3.8, 4) is 0 Å². The number of hydrogen-bond donors (Lipinski definition) is 0. The van der Waals surface area contributed by atoms with E-state index in [1.807, 2.05) is 50.2 Å².